The summed E-state index contributed by atoms with van der Waals surface area (Å²) in [5, 5.41) is 16.0. The van der Waals surface area contributed by atoms with E-state index >= 15 is 0 Å². The van der Waals surface area contributed by atoms with Gasteiger partial charge in [-0.1, -0.05) is 5.16 Å². The van der Waals surface area contributed by atoms with Gasteiger partial charge in [0.05, 0.1) is 6.54 Å². The molecule has 0 saturated heterocycles. The zero-order valence-electron chi connectivity index (χ0n) is 6.58. The average Bonchev–Trinajstić information content (AvgIpc) is 2.84. The molecule has 6 nitrogen and oxygen atoms in total. The van der Waals surface area contributed by atoms with Gasteiger partial charge in [-0.25, -0.2) is 4.79 Å². The van der Waals surface area contributed by atoms with Crippen molar-refractivity contribution in [3.8, 4) is 0 Å². The normalized spacial score (nSPS) is 17.2. The summed E-state index contributed by atoms with van der Waals surface area (Å²) in [6.45, 7) is 0.0645. The summed E-state index contributed by atoms with van der Waals surface area (Å²) in [6, 6.07) is 0.0430. The van der Waals surface area contributed by atoms with Crippen molar-refractivity contribution in [3.05, 3.63) is 0 Å². The summed E-state index contributed by atoms with van der Waals surface area (Å²) in [5.41, 5.74) is 5.13. The highest BCUT2D eigenvalue weighted by Gasteiger charge is 2.22. The third-order valence-electron chi connectivity index (χ3n) is 1.47. The molecule has 1 aliphatic rings. The van der Waals surface area contributed by atoms with Gasteiger partial charge >= 0.3 is 6.03 Å². The molecule has 0 heterocycles. The van der Waals surface area contributed by atoms with Gasteiger partial charge < -0.3 is 21.6 Å². The Kier molecular flexibility index (Phi) is 2.73. The number of hydrogen-bond donors (Lipinski definition) is 4. The Bertz CT molecular complexity index is 200. The van der Waals surface area contributed by atoms with Crippen LogP contribution in [0.3, 0.4) is 0 Å². The Balaban J connectivity index is 2.08. The molecule has 0 radical (unpaired) electrons. The number of oxime groups is 1. The lowest BCUT2D eigenvalue weighted by Gasteiger charge is -2.04. The zero-order valence-corrected chi connectivity index (χ0v) is 6.58. The van der Waals surface area contributed by atoms with Gasteiger partial charge in [-0.15, -0.1) is 0 Å². The van der Waals surface area contributed by atoms with E-state index in [1.807, 2.05) is 0 Å². The van der Waals surface area contributed by atoms with Crippen LogP contribution in [0.2, 0.25) is 0 Å². The molecule has 5 N–H and O–H groups in total. The van der Waals surface area contributed by atoms with Gasteiger partial charge in [0.2, 0.25) is 0 Å². The average molecular weight is 172 g/mol. The van der Waals surface area contributed by atoms with E-state index in [9.17, 15) is 4.79 Å². The van der Waals surface area contributed by atoms with E-state index in [2.05, 4.69) is 15.8 Å². The van der Waals surface area contributed by atoms with Crippen LogP contribution in [-0.4, -0.2) is 29.7 Å². The monoisotopic (exact) mass is 172 g/mol. The quantitative estimate of drug-likeness (QED) is 0.194. The van der Waals surface area contributed by atoms with Gasteiger partial charge in [-0.05, 0) is 12.8 Å². The maximum Gasteiger partial charge on any atom is 0.315 e. The van der Waals surface area contributed by atoms with Crippen LogP contribution >= 0.6 is 0 Å². The molecular formula is C6H12N4O2. The minimum absolute atomic E-state index is 0.0130. The van der Waals surface area contributed by atoms with E-state index in [-0.39, 0.29) is 18.4 Å². The number of amidine groups is 1. The molecule has 0 aromatic heterocycles. The Hall–Kier alpha value is -1.46. The summed E-state index contributed by atoms with van der Waals surface area (Å²) in [5.74, 6) is -0.0130. The van der Waals surface area contributed by atoms with Gasteiger partial charge in [0.15, 0.2) is 5.84 Å². The minimum atomic E-state index is -0.274. The van der Waals surface area contributed by atoms with Crippen molar-refractivity contribution in [2.24, 2.45) is 10.9 Å². The van der Waals surface area contributed by atoms with Crippen LogP contribution in [-0.2, 0) is 0 Å². The summed E-state index contributed by atoms with van der Waals surface area (Å²) in [7, 11) is 0. The molecular weight excluding hydrogens is 160 g/mol. The van der Waals surface area contributed by atoms with Crippen LogP contribution < -0.4 is 16.4 Å². The highest BCUT2D eigenvalue weighted by atomic mass is 16.4. The lowest BCUT2D eigenvalue weighted by molar-refractivity contribution is 0.241. The molecule has 1 rings (SSSR count). The van der Waals surface area contributed by atoms with Crippen LogP contribution in [0, 0.1) is 0 Å². The predicted octanol–water partition coefficient (Wildman–Crippen LogP) is -0.806. The van der Waals surface area contributed by atoms with Crippen molar-refractivity contribution in [1.29, 1.82) is 0 Å². The second-order valence-corrected chi connectivity index (χ2v) is 2.69. The fourth-order valence-electron chi connectivity index (χ4n) is 0.670. The fourth-order valence-corrected chi connectivity index (χ4v) is 0.670. The van der Waals surface area contributed by atoms with Crippen molar-refractivity contribution in [1.82, 2.24) is 10.6 Å². The molecule has 0 bridgehead atoms. The molecule has 1 aliphatic carbocycles. The number of nitrogens with zero attached hydrogens (tertiary/aromatic N) is 1. The highest BCUT2D eigenvalue weighted by Crippen LogP contribution is 2.17. The topological polar surface area (TPSA) is 99.7 Å². The van der Waals surface area contributed by atoms with Crippen LogP contribution in [0.1, 0.15) is 12.8 Å². The number of amides is 2. The van der Waals surface area contributed by atoms with Gasteiger partial charge in [0.25, 0.3) is 0 Å². The highest BCUT2D eigenvalue weighted by molar-refractivity contribution is 5.86. The second-order valence-electron chi connectivity index (χ2n) is 2.69. The molecule has 0 aliphatic heterocycles. The van der Waals surface area contributed by atoms with Crippen LogP contribution in [0.15, 0.2) is 5.16 Å². The Labute approximate surface area is 69.8 Å². The SMILES string of the molecule is N/C(CNC(=O)NC1CC1)=N\O. The molecule has 12 heavy (non-hydrogen) atoms. The molecule has 0 aromatic carbocycles. The summed E-state index contributed by atoms with van der Waals surface area (Å²) < 4.78 is 0. The molecule has 1 saturated carbocycles. The van der Waals surface area contributed by atoms with E-state index < -0.39 is 0 Å². The molecule has 0 spiro atoms. The summed E-state index contributed by atoms with van der Waals surface area (Å²) >= 11 is 0. The van der Waals surface area contributed by atoms with E-state index in [0.29, 0.717) is 6.04 Å². The predicted molar refractivity (Wildman–Crippen MR) is 43.0 cm³/mol. The number of carbonyl (C=O) groups is 1. The van der Waals surface area contributed by atoms with E-state index in [1.165, 1.54) is 0 Å². The summed E-state index contributed by atoms with van der Waals surface area (Å²) in [4.78, 5) is 10.9. The Morgan fingerprint density at radius 3 is 2.83 bits per heavy atom. The number of urea groups is 1. The van der Waals surface area contributed by atoms with Crippen LogP contribution in [0.5, 0.6) is 0 Å². The standard InChI is InChI=1S/C6H12N4O2/c7-5(10-12)3-8-6(11)9-4-1-2-4/h4,12H,1-3H2,(H2,7,10)(H2,8,9,11). The van der Waals surface area contributed by atoms with Crippen molar-refractivity contribution >= 4 is 11.9 Å². The molecule has 0 aromatic rings. The molecule has 1 fully saturated rings. The third kappa shape index (κ3) is 3.09. The lowest BCUT2D eigenvalue weighted by Crippen LogP contribution is -2.41. The zero-order chi connectivity index (χ0) is 8.97. The van der Waals surface area contributed by atoms with Gasteiger partial charge in [-0.2, -0.15) is 0 Å². The number of nitrogens with two attached hydrogens (primary N) is 1. The maximum absolute atomic E-state index is 10.9. The Morgan fingerprint density at radius 2 is 2.33 bits per heavy atom. The number of hydrogen-bond acceptors (Lipinski definition) is 3. The second kappa shape index (κ2) is 3.80. The number of carbonyl (C=O) groups excluding carboxylic acids is 1. The molecule has 2 amide bonds. The number of nitrogens with one attached hydrogen (secondary N) is 2. The third-order valence-corrected chi connectivity index (χ3v) is 1.47. The van der Waals surface area contributed by atoms with Crippen molar-refractivity contribution in [2.75, 3.05) is 6.54 Å². The maximum atomic E-state index is 10.9. The van der Waals surface area contributed by atoms with Crippen LogP contribution in [0.4, 0.5) is 4.79 Å². The van der Waals surface area contributed by atoms with E-state index in [0.717, 1.165) is 12.8 Å². The van der Waals surface area contributed by atoms with Crippen molar-refractivity contribution in [3.63, 3.8) is 0 Å². The largest absolute Gasteiger partial charge is 0.409 e. The first-order valence-corrected chi connectivity index (χ1v) is 3.73. The van der Waals surface area contributed by atoms with Gasteiger partial charge in [-0.3, -0.25) is 0 Å². The van der Waals surface area contributed by atoms with Crippen molar-refractivity contribution in [2.45, 2.75) is 18.9 Å². The summed E-state index contributed by atoms with van der Waals surface area (Å²) in [6.07, 6.45) is 2.08. The first-order valence-electron chi connectivity index (χ1n) is 3.73. The molecule has 0 unspecified atom stereocenters. The lowest BCUT2D eigenvalue weighted by atomic mass is 10.6. The molecule has 6 heteroatoms. The van der Waals surface area contributed by atoms with E-state index in [1.54, 1.807) is 0 Å². The van der Waals surface area contributed by atoms with Gasteiger partial charge in [0, 0.05) is 6.04 Å². The van der Waals surface area contributed by atoms with Crippen LogP contribution in [0.25, 0.3) is 0 Å². The molecule has 0 atom stereocenters. The minimum Gasteiger partial charge on any atom is -0.409 e. The van der Waals surface area contributed by atoms with Gasteiger partial charge in [0.1, 0.15) is 0 Å². The number of rotatable bonds is 3. The van der Waals surface area contributed by atoms with Crippen molar-refractivity contribution < 1.29 is 10.0 Å². The molecule has 68 valence electrons. The Morgan fingerprint density at radius 1 is 1.67 bits per heavy atom. The first kappa shape index (κ1) is 8.63. The smallest absolute Gasteiger partial charge is 0.315 e. The fraction of sp³-hybridized carbons (Fsp3) is 0.667. The first-order chi connectivity index (χ1) is 5.72. The van der Waals surface area contributed by atoms with E-state index in [4.69, 9.17) is 10.9 Å².